The van der Waals surface area contributed by atoms with E-state index in [1.54, 1.807) is 23.2 Å². The van der Waals surface area contributed by atoms with E-state index in [0.29, 0.717) is 38.0 Å². The van der Waals surface area contributed by atoms with Crippen molar-refractivity contribution < 1.29 is 4.79 Å². The largest absolute Gasteiger partial charge is 0.369 e. The Balaban J connectivity index is 1.31. The Morgan fingerprint density at radius 2 is 1.65 bits per heavy atom. The third kappa shape index (κ3) is 4.81. The molecule has 34 heavy (non-hydrogen) atoms. The van der Waals surface area contributed by atoms with Gasteiger partial charge in [-0.15, -0.1) is 11.8 Å². The number of aromatic nitrogens is 1. The lowest BCUT2D eigenvalue weighted by molar-refractivity contribution is 0.0986. The average Bonchev–Trinajstić information content (AvgIpc) is 2.81. The zero-order chi connectivity index (χ0) is 23.8. The molecule has 176 valence electrons. The first kappa shape index (κ1) is 23.6. The van der Waals surface area contributed by atoms with Crippen LogP contribution in [0, 0.1) is 0 Å². The second-order valence-corrected chi connectivity index (χ2v) is 10.5. The summed E-state index contributed by atoms with van der Waals surface area (Å²) >= 11 is 20.2. The van der Waals surface area contributed by atoms with Crippen molar-refractivity contribution >= 4 is 75.4 Å². The number of piperazine rings is 1. The van der Waals surface area contributed by atoms with Crippen molar-refractivity contribution in [3.05, 3.63) is 69.3 Å². The molecule has 6 nitrogen and oxygen atoms in total. The first-order chi connectivity index (χ1) is 16.4. The molecule has 0 aliphatic carbocycles. The van der Waals surface area contributed by atoms with E-state index >= 15 is 0 Å². The summed E-state index contributed by atoms with van der Waals surface area (Å²) in [5.41, 5.74) is 3.13. The van der Waals surface area contributed by atoms with E-state index in [1.165, 1.54) is 17.4 Å². The van der Waals surface area contributed by atoms with E-state index < -0.39 is 0 Å². The molecule has 0 atom stereocenters. The first-order valence-electron chi connectivity index (χ1n) is 10.8. The Morgan fingerprint density at radius 3 is 2.32 bits per heavy atom. The highest BCUT2D eigenvalue weighted by atomic mass is 35.5. The third-order valence-electron chi connectivity index (χ3n) is 5.95. The van der Waals surface area contributed by atoms with Crippen molar-refractivity contribution in [1.82, 2.24) is 9.88 Å². The second-order valence-electron chi connectivity index (χ2n) is 8.25. The lowest BCUT2D eigenvalue weighted by Gasteiger charge is -2.34. The van der Waals surface area contributed by atoms with Crippen LogP contribution in [0.15, 0.2) is 53.6 Å². The van der Waals surface area contributed by atoms with Crippen molar-refractivity contribution in [1.29, 1.82) is 0 Å². The Labute approximate surface area is 217 Å². The van der Waals surface area contributed by atoms with Crippen molar-refractivity contribution in [2.45, 2.75) is 4.90 Å². The van der Waals surface area contributed by atoms with Gasteiger partial charge < -0.3 is 15.1 Å². The summed E-state index contributed by atoms with van der Waals surface area (Å²) in [7, 11) is 2.15. The summed E-state index contributed by atoms with van der Waals surface area (Å²) in [6, 6.07) is 13.4. The Hall–Kier alpha value is -2.16. The number of nitrogens with zero attached hydrogens (tertiary/aromatic N) is 4. The number of amides is 1. The van der Waals surface area contributed by atoms with Crippen LogP contribution < -0.4 is 15.1 Å². The number of hydrogen-bond acceptors (Lipinski definition) is 6. The Bertz CT molecular complexity index is 1210. The molecular weight excluding hydrogens is 513 g/mol. The maximum absolute atomic E-state index is 13.2. The number of nitrogens with one attached hydrogen (secondary N) is 1. The topological polar surface area (TPSA) is 51.7 Å². The summed E-state index contributed by atoms with van der Waals surface area (Å²) in [6.07, 6.45) is 1.59. The lowest BCUT2D eigenvalue weighted by atomic mass is 10.2. The molecule has 2 aliphatic heterocycles. The molecule has 0 radical (unpaired) electrons. The summed E-state index contributed by atoms with van der Waals surface area (Å²) in [5, 5.41) is 4.43. The van der Waals surface area contributed by atoms with Gasteiger partial charge in [-0.3, -0.25) is 9.69 Å². The summed E-state index contributed by atoms with van der Waals surface area (Å²) < 4.78 is 0. The van der Waals surface area contributed by atoms with Crippen molar-refractivity contribution in [3.63, 3.8) is 0 Å². The smallest absolute Gasteiger partial charge is 0.261 e. The van der Waals surface area contributed by atoms with Crippen molar-refractivity contribution in [2.75, 3.05) is 54.2 Å². The normalized spacial score (nSPS) is 16.5. The highest BCUT2D eigenvalue weighted by Crippen LogP contribution is 2.41. The molecule has 3 heterocycles. The van der Waals surface area contributed by atoms with Crippen LogP contribution in [0.25, 0.3) is 0 Å². The van der Waals surface area contributed by atoms with E-state index in [4.69, 9.17) is 34.8 Å². The zero-order valence-electron chi connectivity index (χ0n) is 18.4. The van der Waals surface area contributed by atoms with Crippen LogP contribution in [0.4, 0.5) is 22.9 Å². The highest BCUT2D eigenvalue weighted by molar-refractivity contribution is 7.99. The van der Waals surface area contributed by atoms with E-state index in [-0.39, 0.29) is 5.91 Å². The first-order valence-corrected chi connectivity index (χ1v) is 12.9. The number of halogens is 3. The van der Waals surface area contributed by atoms with Gasteiger partial charge in [-0.25, -0.2) is 4.98 Å². The molecular formula is C24H22Cl3N5OS. The summed E-state index contributed by atoms with van der Waals surface area (Å²) in [5.74, 6) is 0.869. The number of benzene rings is 2. The molecule has 1 amide bonds. The predicted octanol–water partition coefficient (Wildman–Crippen LogP) is 6.25. The van der Waals surface area contributed by atoms with Gasteiger partial charge in [-0.1, -0.05) is 34.8 Å². The number of thioether (sulfide) groups is 1. The van der Waals surface area contributed by atoms with E-state index in [9.17, 15) is 4.79 Å². The minimum atomic E-state index is -0.199. The fourth-order valence-corrected chi connectivity index (χ4v) is 6.08. The van der Waals surface area contributed by atoms with Gasteiger partial charge in [0.1, 0.15) is 5.82 Å². The third-order valence-corrected chi connectivity index (χ3v) is 7.78. The van der Waals surface area contributed by atoms with Crippen LogP contribution in [0.5, 0.6) is 0 Å². The molecule has 1 fully saturated rings. The van der Waals surface area contributed by atoms with E-state index in [1.807, 2.05) is 6.07 Å². The molecule has 0 unspecified atom stereocenters. The highest BCUT2D eigenvalue weighted by Gasteiger charge is 2.30. The van der Waals surface area contributed by atoms with Crippen LogP contribution in [-0.2, 0) is 0 Å². The summed E-state index contributed by atoms with van der Waals surface area (Å²) in [6.45, 7) is 4.21. The van der Waals surface area contributed by atoms with Crippen LogP contribution in [0.3, 0.4) is 0 Å². The number of fused-ring (bicyclic) bond motifs is 1. The average molecular weight is 535 g/mol. The predicted molar refractivity (Wildman–Crippen MR) is 143 cm³/mol. The Kier molecular flexibility index (Phi) is 6.82. The van der Waals surface area contributed by atoms with Crippen LogP contribution >= 0.6 is 46.6 Å². The molecule has 0 spiro atoms. The molecule has 0 bridgehead atoms. The van der Waals surface area contributed by atoms with Crippen molar-refractivity contribution in [2.24, 2.45) is 0 Å². The van der Waals surface area contributed by atoms with Gasteiger partial charge in [0.15, 0.2) is 0 Å². The van der Waals surface area contributed by atoms with Gasteiger partial charge in [-0.05, 0) is 49.5 Å². The monoisotopic (exact) mass is 533 g/mol. The number of hydrogen-bond donors (Lipinski definition) is 1. The standard InChI is InChI=1S/C24H22Cl3N5OS/c1-30-6-8-31(9-7-30)17-4-2-16(3-5-17)29-22-12-21-18(13-28-22)24(33)32(14-34-21)23-19(26)10-15(25)11-20(23)27/h2-5,10-13H,6-9,14H2,1H3,(H,28,29). The van der Waals surface area contributed by atoms with Gasteiger partial charge in [-0.2, -0.15) is 0 Å². The fourth-order valence-electron chi connectivity index (χ4n) is 4.05. The SMILES string of the molecule is CN1CCN(c2ccc(Nc3cc4c(cn3)C(=O)N(c3c(Cl)cc(Cl)cc3Cl)CS4)cc2)CC1. The molecule has 2 aromatic carbocycles. The van der Waals surface area contributed by atoms with Crippen LogP contribution in [0.2, 0.25) is 15.1 Å². The molecule has 1 aromatic heterocycles. The summed E-state index contributed by atoms with van der Waals surface area (Å²) in [4.78, 5) is 24.8. The molecule has 2 aliphatic rings. The van der Waals surface area contributed by atoms with Gasteiger partial charge in [0.25, 0.3) is 5.91 Å². The fraction of sp³-hybridized carbons (Fsp3) is 0.250. The second kappa shape index (κ2) is 9.84. The lowest BCUT2D eigenvalue weighted by Crippen LogP contribution is -2.44. The van der Waals surface area contributed by atoms with Crippen LogP contribution in [0.1, 0.15) is 10.4 Å². The number of carbonyl (C=O) groups excluding carboxylic acids is 1. The molecule has 10 heteroatoms. The molecule has 3 aromatic rings. The zero-order valence-corrected chi connectivity index (χ0v) is 21.5. The molecule has 1 saturated heterocycles. The van der Waals surface area contributed by atoms with Gasteiger partial charge in [0.2, 0.25) is 0 Å². The van der Waals surface area contributed by atoms with Gasteiger partial charge >= 0.3 is 0 Å². The Morgan fingerprint density at radius 1 is 0.971 bits per heavy atom. The number of likely N-dealkylation sites (N-methyl/N-ethyl adjacent to an activating group) is 1. The molecule has 1 N–H and O–H groups in total. The number of anilines is 4. The number of rotatable bonds is 4. The molecule has 5 rings (SSSR count). The van der Waals surface area contributed by atoms with Gasteiger partial charge in [0, 0.05) is 53.7 Å². The maximum Gasteiger partial charge on any atom is 0.261 e. The molecule has 0 saturated carbocycles. The van der Waals surface area contributed by atoms with E-state index in [0.717, 1.165) is 36.8 Å². The number of pyridine rings is 1. The van der Waals surface area contributed by atoms with Gasteiger partial charge in [0.05, 0.1) is 27.2 Å². The maximum atomic E-state index is 13.2. The number of carbonyl (C=O) groups is 1. The van der Waals surface area contributed by atoms with Crippen LogP contribution in [-0.4, -0.2) is 54.9 Å². The van der Waals surface area contributed by atoms with Crippen molar-refractivity contribution in [3.8, 4) is 0 Å². The van der Waals surface area contributed by atoms with E-state index in [2.05, 4.69) is 51.4 Å². The quantitative estimate of drug-likeness (QED) is 0.427. The minimum Gasteiger partial charge on any atom is -0.369 e. The minimum absolute atomic E-state index is 0.199.